The van der Waals surface area contributed by atoms with Gasteiger partial charge in [-0.05, 0) is 0 Å². The van der Waals surface area contributed by atoms with Gasteiger partial charge in [-0.15, -0.1) is 0 Å². The molecule has 17 heavy (non-hydrogen) atoms. The molecule has 0 aromatic rings. The number of rotatable bonds is 2. The predicted molar refractivity (Wildman–Crippen MR) is 52.5 cm³/mol. The fraction of sp³-hybridized carbons (Fsp3) is 0.889. The average Bonchev–Trinajstić information content (AvgIpc) is 2.57. The summed E-state index contributed by atoms with van der Waals surface area (Å²) >= 11 is 0. The van der Waals surface area contributed by atoms with Crippen molar-refractivity contribution >= 4 is 6.03 Å². The lowest BCUT2D eigenvalue weighted by molar-refractivity contribution is -0.0804. The molecule has 7 nitrogen and oxygen atoms in total. The van der Waals surface area contributed by atoms with E-state index in [-0.39, 0.29) is 13.0 Å². The molecule has 5 atom stereocenters. The number of carbonyl (C=O) groups is 1. The van der Waals surface area contributed by atoms with Crippen molar-refractivity contribution in [2.45, 2.75) is 37.3 Å². The van der Waals surface area contributed by atoms with Crippen molar-refractivity contribution in [3.63, 3.8) is 0 Å². The zero-order valence-electron chi connectivity index (χ0n) is 8.99. The standard InChI is InChI=1S/C9H15FN2O5/c10-6-7(15)4(3-13)17-8(6)12-2-1-5(14)11-9(12)16/h4-8,13-15H,1-3H2,(H,11,16)/t4-,5?,6-,7-,8-/m1/s1. The summed E-state index contributed by atoms with van der Waals surface area (Å²) in [6.07, 6.45) is -6.18. The maximum absolute atomic E-state index is 13.7. The predicted octanol–water partition coefficient (Wildman–Crippen LogP) is -1.86. The highest BCUT2D eigenvalue weighted by Gasteiger charge is 2.48. The van der Waals surface area contributed by atoms with E-state index in [2.05, 4.69) is 5.32 Å². The van der Waals surface area contributed by atoms with E-state index in [1.54, 1.807) is 0 Å². The third-order valence-electron chi connectivity index (χ3n) is 2.98. The van der Waals surface area contributed by atoms with Gasteiger partial charge in [-0.2, -0.15) is 0 Å². The third-order valence-corrected chi connectivity index (χ3v) is 2.98. The first-order chi connectivity index (χ1) is 8.04. The Bertz CT molecular complexity index is 305. The van der Waals surface area contributed by atoms with Crippen LogP contribution in [0.1, 0.15) is 6.42 Å². The Balaban J connectivity index is 2.05. The van der Waals surface area contributed by atoms with Gasteiger partial charge in [-0.25, -0.2) is 9.18 Å². The van der Waals surface area contributed by atoms with Crippen molar-refractivity contribution in [3.05, 3.63) is 0 Å². The number of aliphatic hydroxyl groups is 3. The molecule has 0 spiro atoms. The normalized spacial score (nSPS) is 42.7. The molecule has 2 fully saturated rings. The highest BCUT2D eigenvalue weighted by Crippen LogP contribution is 2.27. The Labute approximate surface area is 96.8 Å². The molecule has 2 aliphatic rings. The van der Waals surface area contributed by atoms with Crippen molar-refractivity contribution in [1.82, 2.24) is 10.2 Å². The van der Waals surface area contributed by atoms with Gasteiger partial charge >= 0.3 is 6.03 Å². The van der Waals surface area contributed by atoms with Crippen LogP contribution in [-0.4, -0.2) is 70.2 Å². The van der Waals surface area contributed by atoms with Crippen LogP contribution in [0.2, 0.25) is 0 Å². The molecule has 2 rings (SSSR count). The van der Waals surface area contributed by atoms with E-state index >= 15 is 0 Å². The SMILES string of the molecule is O=C1NC(O)CCN1[C@@H]1O[C@H](CO)[C@@H](O)[C@H]1F. The molecule has 98 valence electrons. The number of nitrogens with zero attached hydrogens (tertiary/aromatic N) is 1. The smallest absolute Gasteiger partial charge is 0.321 e. The van der Waals surface area contributed by atoms with E-state index in [9.17, 15) is 19.4 Å². The molecule has 0 radical (unpaired) electrons. The van der Waals surface area contributed by atoms with E-state index in [0.717, 1.165) is 4.90 Å². The molecule has 2 saturated heterocycles. The lowest BCUT2D eigenvalue weighted by Gasteiger charge is -2.34. The number of hydrogen-bond acceptors (Lipinski definition) is 5. The molecule has 2 heterocycles. The van der Waals surface area contributed by atoms with E-state index in [0.29, 0.717) is 0 Å². The molecular formula is C9H15FN2O5. The van der Waals surface area contributed by atoms with Crippen LogP contribution in [-0.2, 0) is 4.74 Å². The van der Waals surface area contributed by atoms with Gasteiger partial charge in [0.15, 0.2) is 12.4 Å². The number of nitrogens with one attached hydrogen (secondary N) is 1. The summed E-state index contributed by atoms with van der Waals surface area (Å²) in [5, 5.41) is 29.7. The first kappa shape index (κ1) is 12.5. The quantitative estimate of drug-likeness (QED) is 0.460. The Hall–Kier alpha value is -0.960. The summed E-state index contributed by atoms with van der Waals surface area (Å²) in [4.78, 5) is 12.6. The van der Waals surface area contributed by atoms with E-state index in [1.165, 1.54) is 0 Å². The molecule has 0 aromatic carbocycles. The fourth-order valence-electron chi connectivity index (χ4n) is 2.01. The van der Waals surface area contributed by atoms with Crippen LogP contribution >= 0.6 is 0 Å². The third kappa shape index (κ3) is 2.21. The summed E-state index contributed by atoms with van der Waals surface area (Å²) in [5.41, 5.74) is 0. The molecular weight excluding hydrogens is 235 g/mol. The maximum atomic E-state index is 13.7. The number of urea groups is 1. The Morgan fingerprint density at radius 3 is 2.76 bits per heavy atom. The second-order valence-corrected chi connectivity index (χ2v) is 4.13. The lowest BCUT2D eigenvalue weighted by Crippen LogP contribution is -2.57. The molecule has 4 N–H and O–H groups in total. The highest BCUT2D eigenvalue weighted by molar-refractivity contribution is 5.75. The van der Waals surface area contributed by atoms with Crippen molar-refractivity contribution in [1.29, 1.82) is 0 Å². The zero-order chi connectivity index (χ0) is 12.6. The number of ether oxygens (including phenoxy) is 1. The van der Waals surface area contributed by atoms with Gasteiger partial charge in [0.05, 0.1) is 6.61 Å². The summed E-state index contributed by atoms with van der Waals surface area (Å²) in [7, 11) is 0. The Morgan fingerprint density at radius 2 is 2.24 bits per heavy atom. The van der Waals surface area contributed by atoms with Crippen LogP contribution in [0.15, 0.2) is 0 Å². The summed E-state index contributed by atoms with van der Waals surface area (Å²) in [5.74, 6) is 0. The molecule has 0 saturated carbocycles. The number of alkyl halides is 1. The molecule has 0 bridgehead atoms. The number of amides is 2. The van der Waals surface area contributed by atoms with Crippen LogP contribution < -0.4 is 5.32 Å². The van der Waals surface area contributed by atoms with Crippen molar-refractivity contribution < 1.29 is 29.2 Å². The summed E-state index contributed by atoms with van der Waals surface area (Å²) < 4.78 is 18.8. The number of hydrogen-bond donors (Lipinski definition) is 4. The first-order valence-corrected chi connectivity index (χ1v) is 5.38. The van der Waals surface area contributed by atoms with Crippen LogP contribution in [0.25, 0.3) is 0 Å². The van der Waals surface area contributed by atoms with Gasteiger partial charge in [0.2, 0.25) is 0 Å². The van der Waals surface area contributed by atoms with Crippen molar-refractivity contribution in [3.8, 4) is 0 Å². The molecule has 0 aromatic heterocycles. The van der Waals surface area contributed by atoms with E-state index in [4.69, 9.17) is 9.84 Å². The van der Waals surface area contributed by atoms with Crippen LogP contribution in [0.4, 0.5) is 9.18 Å². The van der Waals surface area contributed by atoms with E-state index in [1.807, 2.05) is 0 Å². The Morgan fingerprint density at radius 1 is 1.53 bits per heavy atom. The van der Waals surface area contributed by atoms with Crippen LogP contribution in [0, 0.1) is 0 Å². The minimum absolute atomic E-state index is 0.128. The highest BCUT2D eigenvalue weighted by atomic mass is 19.1. The molecule has 0 aliphatic carbocycles. The Kier molecular flexibility index (Phi) is 3.48. The first-order valence-electron chi connectivity index (χ1n) is 5.38. The summed E-state index contributed by atoms with van der Waals surface area (Å²) in [6.45, 7) is -0.390. The molecule has 2 amide bonds. The summed E-state index contributed by atoms with van der Waals surface area (Å²) in [6, 6.07) is -0.651. The number of aliphatic hydroxyl groups excluding tert-OH is 3. The maximum Gasteiger partial charge on any atom is 0.321 e. The van der Waals surface area contributed by atoms with Gasteiger partial charge in [0.1, 0.15) is 18.4 Å². The largest absolute Gasteiger partial charge is 0.394 e. The average molecular weight is 250 g/mol. The van der Waals surface area contributed by atoms with Gasteiger partial charge < -0.3 is 25.4 Å². The minimum Gasteiger partial charge on any atom is -0.394 e. The lowest BCUT2D eigenvalue weighted by atomic mass is 10.1. The molecule has 1 unspecified atom stereocenters. The molecule has 8 heteroatoms. The number of carbonyl (C=O) groups excluding carboxylic acids is 1. The van der Waals surface area contributed by atoms with Crippen LogP contribution in [0.3, 0.4) is 0 Å². The number of halogens is 1. The van der Waals surface area contributed by atoms with Crippen molar-refractivity contribution in [2.24, 2.45) is 0 Å². The van der Waals surface area contributed by atoms with Gasteiger partial charge in [-0.1, -0.05) is 0 Å². The monoisotopic (exact) mass is 250 g/mol. The fourth-order valence-corrected chi connectivity index (χ4v) is 2.01. The zero-order valence-corrected chi connectivity index (χ0v) is 8.99. The second-order valence-electron chi connectivity index (χ2n) is 4.13. The second kappa shape index (κ2) is 4.73. The van der Waals surface area contributed by atoms with Gasteiger partial charge in [0, 0.05) is 13.0 Å². The topological polar surface area (TPSA) is 102 Å². The minimum atomic E-state index is -1.77. The van der Waals surface area contributed by atoms with E-state index < -0.39 is 43.5 Å². The molecule has 2 aliphatic heterocycles. The van der Waals surface area contributed by atoms with Gasteiger partial charge in [-0.3, -0.25) is 4.90 Å². The van der Waals surface area contributed by atoms with Crippen molar-refractivity contribution in [2.75, 3.05) is 13.2 Å². The van der Waals surface area contributed by atoms with Crippen LogP contribution in [0.5, 0.6) is 0 Å². The van der Waals surface area contributed by atoms with Gasteiger partial charge in [0.25, 0.3) is 0 Å².